The van der Waals surface area contributed by atoms with E-state index in [2.05, 4.69) is 39.4 Å². The molecule has 0 radical (unpaired) electrons. The second-order valence-electron chi connectivity index (χ2n) is 6.02. The Kier molecular flexibility index (Phi) is 7.00. The molecule has 0 fully saturated rings. The van der Waals surface area contributed by atoms with Crippen molar-refractivity contribution in [1.29, 1.82) is 0 Å². The van der Waals surface area contributed by atoms with Crippen LogP contribution in [-0.4, -0.2) is 32.7 Å². The Hall–Kier alpha value is -2.35. The minimum atomic E-state index is -0.192. The lowest BCUT2D eigenvalue weighted by molar-refractivity contribution is -0.120. The molecule has 4 N–H and O–H groups in total. The van der Waals surface area contributed by atoms with Crippen LogP contribution in [0.1, 0.15) is 26.6 Å². The Morgan fingerprint density at radius 1 is 1.16 bits per heavy atom. The van der Waals surface area contributed by atoms with Crippen LogP contribution in [0.4, 0.5) is 17.6 Å². The minimum Gasteiger partial charge on any atom is -0.368 e. The number of rotatable bonds is 8. The van der Waals surface area contributed by atoms with Crippen LogP contribution in [0.3, 0.4) is 0 Å². The molecule has 0 aliphatic rings. The molecular weight excluding hydrogens is 336 g/mol. The van der Waals surface area contributed by atoms with Crippen molar-refractivity contribution in [1.82, 2.24) is 20.3 Å². The summed E-state index contributed by atoms with van der Waals surface area (Å²) in [4.78, 5) is 24.6. The maximum absolute atomic E-state index is 12.0. The number of anilines is 3. The van der Waals surface area contributed by atoms with Gasteiger partial charge in [0, 0.05) is 12.2 Å². The number of nitrogens with zero attached hydrogens (tertiary/aromatic N) is 3. The van der Waals surface area contributed by atoms with Gasteiger partial charge >= 0.3 is 0 Å². The summed E-state index contributed by atoms with van der Waals surface area (Å²) in [6, 6.07) is 9.59. The monoisotopic (exact) mass is 360 g/mol. The van der Waals surface area contributed by atoms with Gasteiger partial charge in [-0.1, -0.05) is 32.0 Å². The largest absolute Gasteiger partial charge is 0.368 e. The summed E-state index contributed by atoms with van der Waals surface area (Å²) in [6.45, 7) is 6.67. The predicted octanol–water partition coefficient (Wildman–Crippen LogP) is 2.59. The number of nitrogen functional groups attached to an aromatic ring is 1. The van der Waals surface area contributed by atoms with Crippen LogP contribution in [-0.2, 0) is 10.5 Å². The molecule has 0 aliphatic heterocycles. The third-order valence-electron chi connectivity index (χ3n) is 3.25. The number of nitrogens with one attached hydrogen (secondary N) is 2. The predicted molar refractivity (Wildman–Crippen MR) is 103 cm³/mol. The molecule has 2 rings (SSSR count). The second-order valence-corrected chi connectivity index (χ2v) is 7.35. The molecule has 1 atom stereocenters. The van der Waals surface area contributed by atoms with Gasteiger partial charge < -0.3 is 16.4 Å². The van der Waals surface area contributed by atoms with Crippen LogP contribution >= 0.6 is 11.8 Å². The van der Waals surface area contributed by atoms with Gasteiger partial charge in [0.25, 0.3) is 0 Å². The molecule has 1 aromatic carbocycles. The van der Waals surface area contributed by atoms with Crippen molar-refractivity contribution >= 4 is 35.3 Å². The molecule has 0 aliphatic carbocycles. The third-order valence-corrected chi connectivity index (χ3v) is 4.38. The fourth-order valence-corrected chi connectivity index (χ4v) is 2.70. The van der Waals surface area contributed by atoms with E-state index in [4.69, 9.17) is 5.73 Å². The Morgan fingerprint density at radius 3 is 2.56 bits per heavy atom. The normalized spacial score (nSPS) is 12.0. The number of nitrogens with two attached hydrogens (primary N) is 1. The Labute approximate surface area is 152 Å². The van der Waals surface area contributed by atoms with Gasteiger partial charge in [-0.25, -0.2) is 0 Å². The van der Waals surface area contributed by atoms with E-state index in [0.717, 1.165) is 5.69 Å². The zero-order valence-corrected chi connectivity index (χ0v) is 15.5. The fraction of sp³-hybridized carbons (Fsp3) is 0.412. The van der Waals surface area contributed by atoms with Crippen LogP contribution in [0.2, 0.25) is 0 Å². The van der Waals surface area contributed by atoms with Gasteiger partial charge in [0.2, 0.25) is 17.8 Å². The highest BCUT2D eigenvalue weighted by Gasteiger charge is 2.15. The van der Waals surface area contributed by atoms with Crippen molar-refractivity contribution in [2.75, 3.05) is 17.6 Å². The molecule has 2 aromatic rings. The number of carbonyl (C=O) groups is 1. The molecule has 7 nitrogen and oxygen atoms in total. The van der Waals surface area contributed by atoms with E-state index in [-0.39, 0.29) is 17.1 Å². The van der Waals surface area contributed by atoms with E-state index < -0.39 is 0 Å². The highest BCUT2D eigenvalue weighted by molar-refractivity contribution is 7.99. The number of para-hydroxylation sites is 1. The zero-order valence-electron chi connectivity index (χ0n) is 14.7. The van der Waals surface area contributed by atoms with E-state index in [1.54, 1.807) is 0 Å². The maximum Gasteiger partial charge on any atom is 0.232 e. The van der Waals surface area contributed by atoms with Crippen LogP contribution in [0.5, 0.6) is 0 Å². The molecule has 25 heavy (non-hydrogen) atoms. The molecule has 1 amide bonds. The van der Waals surface area contributed by atoms with Crippen LogP contribution < -0.4 is 16.4 Å². The van der Waals surface area contributed by atoms with Crippen molar-refractivity contribution in [3.63, 3.8) is 0 Å². The summed E-state index contributed by atoms with van der Waals surface area (Å²) < 4.78 is 0. The second kappa shape index (κ2) is 9.22. The molecule has 0 unspecified atom stereocenters. The first kappa shape index (κ1) is 19.0. The van der Waals surface area contributed by atoms with Crippen LogP contribution in [0, 0.1) is 5.92 Å². The van der Waals surface area contributed by atoms with Gasteiger partial charge in [0.15, 0.2) is 0 Å². The lowest BCUT2D eigenvalue weighted by Gasteiger charge is -2.13. The van der Waals surface area contributed by atoms with Crippen molar-refractivity contribution in [3.05, 3.63) is 36.2 Å². The molecule has 0 saturated carbocycles. The lowest BCUT2D eigenvalue weighted by atomic mass is 10.2. The summed E-state index contributed by atoms with van der Waals surface area (Å²) >= 11 is 1.46. The molecule has 1 aromatic heterocycles. The minimum absolute atomic E-state index is 0.0170. The molecular formula is C17H24N6OS. The first-order valence-electron chi connectivity index (χ1n) is 8.16. The topological polar surface area (TPSA) is 106 Å². The molecule has 134 valence electrons. The van der Waals surface area contributed by atoms with Crippen molar-refractivity contribution < 1.29 is 4.79 Å². The number of carbonyl (C=O) groups excluding carboxylic acids is 1. The molecule has 0 bridgehead atoms. The van der Waals surface area contributed by atoms with E-state index in [1.807, 2.05) is 37.3 Å². The average Bonchev–Trinajstić information content (AvgIpc) is 2.58. The van der Waals surface area contributed by atoms with E-state index in [0.29, 0.717) is 30.0 Å². The summed E-state index contributed by atoms with van der Waals surface area (Å²) in [5.41, 5.74) is 6.64. The number of aromatic nitrogens is 3. The highest BCUT2D eigenvalue weighted by Crippen LogP contribution is 2.18. The van der Waals surface area contributed by atoms with E-state index in [1.165, 1.54) is 11.8 Å². The van der Waals surface area contributed by atoms with Gasteiger partial charge in [0.05, 0.1) is 11.0 Å². The molecule has 1 heterocycles. The first-order chi connectivity index (χ1) is 11.9. The molecule has 0 spiro atoms. The van der Waals surface area contributed by atoms with Gasteiger partial charge in [-0.2, -0.15) is 15.0 Å². The van der Waals surface area contributed by atoms with Crippen LogP contribution in [0.25, 0.3) is 0 Å². The van der Waals surface area contributed by atoms with Gasteiger partial charge in [-0.05, 0) is 25.0 Å². The Bertz CT molecular complexity index is 695. The maximum atomic E-state index is 12.0. The lowest BCUT2D eigenvalue weighted by Crippen LogP contribution is -2.33. The van der Waals surface area contributed by atoms with Crippen molar-refractivity contribution in [3.8, 4) is 0 Å². The summed E-state index contributed by atoms with van der Waals surface area (Å²) in [5.74, 6) is 2.01. The highest BCUT2D eigenvalue weighted by atomic mass is 32.2. The fourth-order valence-electron chi connectivity index (χ4n) is 1.93. The molecule has 8 heteroatoms. The van der Waals surface area contributed by atoms with E-state index in [9.17, 15) is 4.79 Å². The Morgan fingerprint density at radius 2 is 1.88 bits per heavy atom. The number of thioether (sulfide) groups is 1. The average molecular weight is 360 g/mol. The van der Waals surface area contributed by atoms with Crippen molar-refractivity contribution in [2.45, 2.75) is 31.8 Å². The van der Waals surface area contributed by atoms with Crippen LogP contribution in [0.15, 0.2) is 30.3 Å². The standard InChI is InChI=1S/C17H24N6OS/c1-11(2)9-19-15(24)12(3)25-10-14-21-16(18)23-17(22-14)20-13-7-5-4-6-8-13/h4-8,11-12H,9-10H2,1-3H3,(H,19,24)(H3,18,20,21,22,23)/t12-/m0/s1. The van der Waals surface area contributed by atoms with Gasteiger partial charge in [-0.3, -0.25) is 4.79 Å². The number of hydrogen-bond donors (Lipinski definition) is 3. The van der Waals surface area contributed by atoms with Crippen molar-refractivity contribution in [2.24, 2.45) is 5.92 Å². The van der Waals surface area contributed by atoms with Gasteiger partial charge in [-0.15, -0.1) is 11.8 Å². The Balaban J connectivity index is 1.94. The molecule has 0 saturated heterocycles. The summed E-state index contributed by atoms with van der Waals surface area (Å²) in [7, 11) is 0. The number of benzene rings is 1. The van der Waals surface area contributed by atoms with E-state index >= 15 is 0 Å². The smallest absolute Gasteiger partial charge is 0.232 e. The number of hydrogen-bond acceptors (Lipinski definition) is 7. The summed E-state index contributed by atoms with van der Waals surface area (Å²) in [5, 5.41) is 5.83. The zero-order chi connectivity index (χ0) is 18.2. The SMILES string of the molecule is CC(C)CNC(=O)[C@H](C)SCc1nc(N)nc(Nc2ccccc2)n1. The third kappa shape index (κ3) is 6.58. The van der Waals surface area contributed by atoms with Gasteiger partial charge in [0.1, 0.15) is 5.82 Å². The number of amides is 1. The quantitative estimate of drug-likeness (QED) is 0.664. The first-order valence-corrected chi connectivity index (χ1v) is 9.20. The summed E-state index contributed by atoms with van der Waals surface area (Å²) in [6.07, 6.45) is 0.